The van der Waals surface area contributed by atoms with Crippen LogP contribution < -0.4 is 5.32 Å². The zero-order valence-electron chi connectivity index (χ0n) is 15.4. The first-order chi connectivity index (χ1) is 14.2. The van der Waals surface area contributed by atoms with Gasteiger partial charge in [0.25, 0.3) is 5.91 Å². The molecule has 146 valence electrons. The maximum Gasteiger partial charge on any atom is 0.260 e. The topological polar surface area (TPSA) is 93.3 Å². The van der Waals surface area contributed by atoms with Gasteiger partial charge in [-0.15, -0.1) is 0 Å². The highest BCUT2D eigenvalue weighted by molar-refractivity contribution is 7.15. The van der Waals surface area contributed by atoms with E-state index < -0.39 is 0 Å². The number of nitrogens with one attached hydrogen (secondary N) is 1. The number of anilines is 1. The van der Waals surface area contributed by atoms with Crippen LogP contribution in [0.15, 0.2) is 53.6 Å². The van der Waals surface area contributed by atoms with Crippen molar-refractivity contribution in [1.82, 2.24) is 19.4 Å². The Morgan fingerprint density at radius 2 is 2.14 bits per heavy atom. The number of carbonyl (C=O) groups excluding carboxylic acids is 2. The van der Waals surface area contributed by atoms with E-state index in [2.05, 4.69) is 15.3 Å². The molecule has 0 aliphatic carbocycles. The van der Waals surface area contributed by atoms with Crippen molar-refractivity contribution in [3.05, 3.63) is 65.3 Å². The zero-order chi connectivity index (χ0) is 19.8. The van der Waals surface area contributed by atoms with Crippen LogP contribution in [0.4, 0.5) is 5.13 Å². The van der Waals surface area contributed by atoms with Gasteiger partial charge in [-0.25, -0.2) is 9.97 Å². The fourth-order valence-electron chi connectivity index (χ4n) is 3.41. The number of hydrogen-bond acceptors (Lipinski definition) is 6. The van der Waals surface area contributed by atoms with Crippen LogP contribution in [0.25, 0.3) is 11.0 Å². The van der Waals surface area contributed by atoms with Crippen LogP contribution in [-0.4, -0.2) is 37.8 Å². The Morgan fingerprint density at radius 3 is 3.00 bits per heavy atom. The molecule has 1 N–H and O–H groups in total. The molecule has 0 unspecified atom stereocenters. The molecule has 1 aromatic carbocycles. The molecule has 2 amide bonds. The van der Waals surface area contributed by atoms with Gasteiger partial charge in [0.15, 0.2) is 5.13 Å². The smallest absolute Gasteiger partial charge is 0.260 e. The van der Waals surface area contributed by atoms with Gasteiger partial charge in [0.05, 0.1) is 41.4 Å². The van der Waals surface area contributed by atoms with E-state index >= 15 is 0 Å². The van der Waals surface area contributed by atoms with E-state index in [0.29, 0.717) is 30.2 Å². The minimum Gasteiger partial charge on any atom is -0.472 e. The lowest BCUT2D eigenvalue weighted by Crippen LogP contribution is -2.37. The molecule has 9 heteroatoms. The zero-order valence-corrected chi connectivity index (χ0v) is 16.2. The monoisotopic (exact) mass is 407 g/mol. The molecule has 1 aliphatic rings. The van der Waals surface area contributed by atoms with E-state index in [4.69, 9.17) is 4.42 Å². The molecule has 8 nitrogen and oxygen atoms in total. The van der Waals surface area contributed by atoms with Crippen LogP contribution in [0.3, 0.4) is 0 Å². The predicted molar refractivity (Wildman–Crippen MR) is 108 cm³/mol. The molecule has 3 aromatic heterocycles. The lowest BCUT2D eigenvalue weighted by molar-refractivity contribution is -0.132. The first kappa shape index (κ1) is 17.6. The van der Waals surface area contributed by atoms with Crippen LogP contribution in [0.1, 0.15) is 20.9 Å². The molecular weight excluding hydrogens is 390 g/mol. The molecule has 1 aliphatic heterocycles. The van der Waals surface area contributed by atoms with Gasteiger partial charge in [-0.05, 0) is 18.2 Å². The maximum absolute atomic E-state index is 12.8. The average Bonchev–Trinajstić information content (AvgIpc) is 3.47. The third kappa shape index (κ3) is 3.40. The van der Waals surface area contributed by atoms with Crippen molar-refractivity contribution >= 4 is 39.3 Å². The number of amides is 2. The second kappa shape index (κ2) is 7.17. The summed E-state index contributed by atoms with van der Waals surface area (Å²) in [7, 11) is 0. The van der Waals surface area contributed by atoms with Crippen LogP contribution in [0.2, 0.25) is 0 Å². The quantitative estimate of drug-likeness (QED) is 0.561. The molecule has 0 bridgehead atoms. The minimum atomic E-state index is -0.259. The van der Waals surface area contributed by atoms with E-state index in [9.17, 15) is 9.59 Å². The summed E-state index contributed by atoms with van der Waals surface area (Å²) in [4.78, 5) is 36.7. The standard InChI is InChI=1S/C20H17N5O3S/c26-18(10-25-12-21-14-3-1-2-4-16(14)25)24-7-5-15-17(9-24)29-20(22-15)23-19(27)13-6-8-28-11-13/h1-4,6,8,11-12H,5,7,9-10H2,(H,22,23,27). The third-order valence-electron chi connectivity index (χ3n) is 4.92. The number of nitrogens with zero attached hydrogens (tertiary/aromatic N) is 4. The van der Waals surface area contributed by atoms with Crippen molar-refractivity contribution in [2.45, 2.75) is 19.5 Å². The van der Waals surface area contributed by atoms with Crippen molar-refractivity contribution in [1.29, 1.82) is 0 Å². The lowest BCUT2D eigenvalue weighted by atomic mass is 10.2. The summed E-state index contributed by atoms with van der Waals surface area (Å²) in [5.74, 6) is -0.221. The first-order valence-corrected chi connectivity index (χ1v) is 9.99. The highest BCUT2D eigenvalue weighted by Gasteiger charge is 2.25. The Morgan fingerprint density at radius 1 is 1.24 bits per heavy atom. The van der Waals surface area contributed by atoms with E-state index in [1.165, 1.54) is 23.9 Å². The van der Waals surface area contributed by atoms with Gasteiger partial charge >= 0.3 is 0 Å². The van der Waals surface area contributed by atoms with Gasteiger partial charge in [0.2, 0.25) is 5.91 Å². The lowest BCUT2D eigenvalue weighted by Gasteiger charge is -2.26. The summed E-state index contributed by atoms with van der Waals surface area (Å²) in [6.07, 6.45) is 5.22. The van der Waals surface area contributed by atoms with Gasteiger partial charge in [0, 0.05) is 17.8 Å². The van der Waals surface area contributed by atoms with Crippen molar-refractivity contribution < 1.29 is 14.0 Å². The molecule has 4 aromatic rings. The number of imidazole rings is 1. The van der Waals surface area contributed by atoms with E-state index in [1.54, 1.807) is 12.4 Å². The molecule has 0 fully saturated rings. The van der Waals surface area contributed by atoms with Crippen molar-refractivity contribution in [3.8, 4) is 0 Å². The molecular formula is C20H17N5O3S. The first-order valence-electron chi connectivity index (χ1n) is 9.17. The van der Waals surface area contributed by atoms with E-state index in [-0.39, 0.29) is 18.4 Å². The van der Waals surface area contributed by atoms with Gasteiger partial charge in [0.1, 0.15) is 12.8 Å². The molecule has 0 saturated heterocycles. The second-order valence-corrected chi connectivity index (χ2v) is 7.87. The number of furan rings is 1. The fourth-order valence-corrected chi connectivity index (χ4v) is 4.43. The van der Waals surface area contributed by atoms with Crippen molar-refractivity contribution in [3.63, 3.8) is 0 Å². The fraction of sp³-hybridized carbons (Fsp3) is 0.200. The number of hydrogen-bond donors (Lipinski definition) is 1. The number of rotatable bonds is 4. The summed E-state index contributed by atoms with van der Waals surface area (Å²) in [5.41, 5.74) is 3.21. The summed E-state index contributed by atoms with van der Waals surface area (Å²) in [6, 6.07) is 9.36. The van der Waals surface area contributed by atoms with Crippen molar-refractivity contribution in [2.24, 2.45) is 0 Å². The molecule has 5 rings (SSSR count). The largest absolute Gasteiger partial charge is 0.472 e. The molecule has 29 heavy (non-hydrogen) atoms. The van der Waals surface area contributed by atoms with Gasteiger partial charge in [-0.2, -0.15) is 0 Å². The second-order valence-electron chi connectivity index (χ2n) is 6.78. The SMILES string of the molecule is O=C(Nc1nc2c(s1)CN(C(=O)Cn1cnc3ccccc31)CC2)c1ccoc1. The molecule has 0 radical (unpaired) electrons. The Hall–Kier alpha value is -3.46. The summed E-state index contributed by atoms with van der Waals surface area (Å²) in [5, 5.41) is 3.33. The summed E-state index contributed by atoms with van der Waals surface area (Å²) >= 11 is 1.41. The number of carbonyl (C=O) groups is 2. The predicted octanol–water partition coefficient (Wildman–Crippen LogP) is 2.92. The minimum absolute atomic E-state index is 0.0381. The van der Waals surface area contributed by atoms with Gasteiger partial charge < -0.3 is 13.9 Å². The Labute approximate surface area is 169 Å². The summed E-state index contributed by atoms with van der Waals surface area (Å²) < 4.78 is 6.81. The Bertz CT molecular complexity index is 1190. The third-order valence-corrected chi connectivity index (χ3v) is 5.92. The van der Waals surface area contributed by atoms with Crippen LogP contribution in [0, 0.1) is 0 Å². The molecule has 0 saturated carbocycles. The van der Waals surface area contributed by atoms with E-state index in [1.807, 2.05) is 33.7 Å². The normalized spacial score (nSPS) is 13.4. The number of aromatic nitrogens is 3. The highest BCUT2D eigenvalue weighted by Crippen LogP contribution is 2.29. The number of para-hydroxylation sites is 2. The Kier molecular flexibility index (Phi) is 4.36. The number of benzene rings is 1. The van der Waals surface area contributed by atoms with Gasteiger partial charge in [-0.1, -0.05) is 23.5 Å². The van der Waals surface area contributed by atoms with E-state index in [0.717, 1.165) is 21.6 Å². The number of fused-ring (bicyclic) bond motifs is 2. The van der Waals surface area contributed by atoms with Crippen LogP contribution in [0.5, 0.6) is 0 Å². The summed E-state index contributed by atoms with van der Waals surface area (Å²) in [6.45, 7) is 1.36. The van der Waals surface area contributed by atoms with Gasteiger partial charge in [-0.3, -0.25) is 14.9 Å². The average molecular weight is 407 g/mol. The Balaban J connectivity index is 1.27. The van der Waals surface area contributed by atoms with Crippen LogP contribution in [-0.2, 0) is 24.3 Å². The van der Waals surface area contributed by atoms with Crippen LogP contribution >= 0.6 is 11.3 Å². The molecule has 0 spiro atoms. The maximum atomic E-state index is 12.8. The molecule has 4 heterocycles. The number of thiazole rings is 1. The van der Waals surface area contributed by atoms with Crippen molar-refractivity contribution in [2.75, 3.05) is 11.9 Å². The molecule has 0 atom stereocenters. The highest BCUT2D eigenvalue weighted by atomic mass is 32.1.